The Morgan fingerprint density at radius 3 is 2.72 bits per heavy atom. The van der Waals surface area contributed by atoms with Gasteiger partial charge in [0.05, 0.1) is 19.2 Å². The minimum Gasteiger partial charge on any atom is -0.466 e. The van der Waals surface area contributed by atoms with Gasteiger partial charge in [-0.05, 0) is 37.0 Å². The van der Waals surface area contributed by atoms with Crippen molar-refractivity contribution in [2.45, 2.75) is 37.8 Å². The summed E-state index contributed by atoms with van der Waals surface area (Å²) in [7, 11) is 1.28. The second kappa shape index (κ2) is 8.55. The fourth-order valence-corrected chi connectivity index (χ4v) is 3.11. The van der Waals surface area contributed by atoms with Gasteiger partial charge in [0, 0.05) is 12.5 Å². The second-order valence-corrected chi connectivity index (χ2v) is 5.86. The third-order valence-electron chi connectivity index (χ3n) is 4.26. The molecule has 1 aliphatic rings. The van der Waals surface area contributed by atoms with Crippen LogP contribution in [0.2, 0.25) is 0 Å². The van der Waals surface area contributed by atoms with Gasteiger partial charge < -0.3 is 9.64 Å². The molecule has 0 spiro atoms. The molecular formula is C19H21F2NO3. The lowest BCUT2D eigenvalue weighted by Crippen LogP contribution is -2.44. The molecule has 0 radical (unpaired) electrons. The number of hydrogen-bond donors (Lipinski definition) is 0. The summed E-state index contributed by atoms with van der Waals surface area (Å²) in [5.41, 5.74) is 0.535. The molecule has 6 heteroatoms. The van der Waals surface area contributed by atoms with E-state index in [1.165, 1.54) is 25.3 Å². The van der Waals surface area contributed by atoms with Gasteiger partial charge in [-0.1, -0.05) is 18.2 Å². The summed E-state index contributed by atoms with van der Waals surface area (Å²) in [4.78, 5) is 25.6. The fourth-order valence-electron chi connectivity index (χ4n) is 3.11. The first-order valence-electron chi connectivity index (χ1n) is 8.11. The number of benzene rings is 1. The number of amides is 1. The first kappa shape index (κ1) is 18.8. The number of likely N-dealkylation sites (tertiary alicyclic amines) is 1. The van der Waals surface area contributed by atoms with Crippen LogP contribution in [0.15, 0.2) is 43.0 Å². The smallest absolute Gasteiger partial charge is 0.330 e. The van der Waals surface area contributed by atoms with Crippen LogP contribution in [-0.2, 0) is 14.3 Å². The molecular weight excluding hydrogens is 328 g/mol. The molecule has 1 saturated heterocycles. The molecule has 2 rings (SSSR count). The number of hydrogen-bond acceptors (Lipinski definition) is 3. The number of halogens is 2. The van der Waals surface area contributed by atoms with Crippen LogP contribution in [-0.4, -0.2) is 29.9 Å². The van der Waals surface area contributed by atoms with Crippen LogP contribution in [0.5, 0.6) is 0 Å². The molecule has 4 nitrogen and oxygen atoms in total. The van der Waals surface area contributed by atoms with Gasteiger partial charge in [-0.2, -0.15) is 0 Å². The normalized spacial score (nSPS) is 20.5. The van der Waals surface area contributed by atoms with Gasteiger partial charge in [0.1, 0.15) is 0 Å². The van der Waals surface area contributed by atoms with Crippen molar-refractivity contribution in [3.63, 3.8) is 0 Å². The van der Waals surface area contributed by atoms with E-state index in [-0.39, 0.29) is 24.4 Å². The maximum atomic E-state index is 13.6. The molecule has 2 atom stereocenters. The van der Waals surface area contributed by atoms with Gasteiger partial charge in [-0.15, -0.1) is 6.58 Å². The van der Waals surface area contributed by atoms with Gasteiger partial charge in [0.2, 0.25) is 5.91 Å². The Morgan fingerprint density at radius 1 is 1.32 bits per heavy atom. The molecule has 25 heavy (non-hydrogen) atoms. The fraction of sp³-hybridized carbons (Fsp3) is 0.368. The summed E-state index contributed by atoms with van der Waals surface area (Å²) < 4.78 is 31.5. The third kappa shape index (κ3) is 4.53. The van der Waals surface area contributed by atoms with Crippen molar-refractivity contribution in [2.24, 2.45) is 0 Å². The molecule has 1 amide bonds. The molecule has 1 heterocycles. The number of methoxy groups -OCH3 is 1. The first-order chi connectivity index (χ1) is 12.0. The predicted molar refractivity (Wildman–Crippen MR) is 89.6 cm³/mol. The van der Waals surface area contributed by atoms with E-state index in [9.17, 15) is 18.4 Å². The monoisotopic (exact) mass is 349 g/mol. The van der Waals surface area contributed by atoms with E-state index in [1.54, 1.807) is 11.0 Å². The Hall–Kier alpha value is -2.50. The van der Waals surface area contributed by atoms with E-state index in [2.05, 4.69) is 11.3 Å². The Labute approximate surface area is 145 Å². The standard InChI is InChI=1S/C19H21F2NO3/c1-3-5-18(23)22-14(9-11-19(24)25-2)6-4-7-17(22)13-8-10-15(20)16(21)12-13/h3,8-12,14,17H,1,4-7H2,2H3/b11-9-/t14-,17+/m1/s1. The lowest BCUT2D eigenvalue weighted by Gasteiger charge is -2.41. The summed E-state index contributed by atoms with van der Waals surface area (Å²) in [6.45, 7) is 3.58. The molecule has 134 valence electrons. The van der Waals surface area contributed by atoms with Crippen molar-refractivity contribution < 1.29 is 23.1 Å². The van der Waals surface area contributed by atoms with E-state index in [1.807, 2.05) is 0 Å². The van der Waals surface area contributed by atoms with E-state index in [0.717, 1.165) is 18.6 Å². The van der Waals surface area contributed by atoms with Crippen LogP contribution in [0.3, 0.4) is 0 Å². The van der Waals surface area contributed by atoms with Crippen LogP contribution < -0.4 is 0 Å². The minimum atomic E-state index is -0.944. The summed E-state index contributed by atoms with van der Waals surface area (Å²) in [5, 5.41) is 0. The predicted octanol–water partition coefficient (Wildman–Crippen LogP) is 3.69. The van der Waals surface area contributed by atoms with Gasteiger partial charge in [-0.3, -0.25) is 4.79 Å². The summed E-state index contributed by atoms with van der Waals surface area (Å²) >= 11 is 0. The first-order valence-corrected chi connectivity index (χ1v) is 8.11. The average molecular weight is 349 g/mol. The van der Waals surface area contributed by atoms with E-state index in [0.29, 0.717) is 18.4 Å². The Bertz CT molecular complexity index is 687. The molecule has 0 saturated carbocycles. The van der Waals surface area contributed by atoms with Crippen molar-refractivity contribution in [3.05, 3.63) is 60.2 Å². The highest BCUT2D eigenvalue weighted by molar-refractivity contribution is 5.82. The highest BCUT2D eigenvalue weighted by Gasteiger charge is 2.33. The lowest BCUT2D eigenvalue weighted by molar-refractivity contribution is -0.137. The van der Waals surface area contributed by atoms with Crippen molar-refractivity contribution in [3.8, 4) is 0 Å². The number of carbonyl (C=O) groups is 2. The number of esters is 1. The number of ether oxygens (including phenoxy) is 1. The zero-order valence-corrected chi connectivity index (χ0v) is 14.1. The van der Waals surface area contributed by atoms with E-state index >= 15 is 0 Å². The Kier molecular flexibility index (Phi) is 6.44. The molecule has 0 N–H and O–H groups in total. The van der Waals surface area contributed by atoms with Gasteiger partial charge in [0.15, 0.2) is 11.6 Å². The van der Waals surface area contributed by atoms with Gasteiger partial charge >= 0.3 is 5.97 Å². The molecule has 0 aromatic heterocycles. The molecule has 0 unspecified atom stereocenters. The second-order valence-electron chi connectivity index (χ2n) is 5.86. The van der Waals surface area contributed by atoms with Crippen LogP contribution in [0.1, 0.15) is 37.3 Å². The van der Waals surface area contributed by atoms with Crippen LogP contribution in [0.25, 0.3) is 0 Å². The summed E-state index contributed by atoms with van der Waals surface area (Å²) in [5.74, 6) is -2.55. The van der Waals surface area contributed by atoms with Crippen molar-refractivity contribution >= 4 is 11.9 Å². The van der Waals surface area contributed by atoms with Gasteiger partial charge in [-0.25, -0.2) is 13.6 Å². The van der Waals surface area contributed by atoms with Crippen molar-refractivity contribution in [1.82, 2.24) is 4.90 Å². The third-order valence-corrected chi connectivity index (χ3v) is 4.26. The van der Waals surface area contributed by atoms with Gasteiger partial charge in [0.25, 0.3) is 0 Å². The molecule has 1 fully saturated rings. The quantitative estimate of drug-likeness (QED) is 0.463. The summed E-state index contributed by atoms with van der Waals surface area (Å²) in [6.07, 6.45) is 6.64. The van der Waals surface area contributed by atoms with E-state index in [4.69, 9.17) is 0 Å². The zero-order valence-electron chi connectivity index (χ0n) is 14.1. The number of carbonyl (C=O) groups excluding carboxylic acids is 2. The maximum Gasteiger partial charge on any atom is 0.330 e. The Balaban J connectivity index is 2.36. The summed E-state index contributed by atoms with van der Waals surface area (Å²) in [6, 6.07) is 2.97. The lowest BCUT2D eigenvalue weighted by atomic mass is 9.90. The van der Waals surface area contributed by atoms with Crippen LogP contribution in [0.4, 0.5) is 8.78 Å². The molecule has 1 aliphatic heterocycles. The topological polar surface area (TPSA) is 46.6 Å². The van der Waals surface area contributed by atoms with Crippen LogP contribution in [0, 0.1) is 11.6 Å². The molecule has 1 aromatic rings. The molecule has 1 aromatic carbocycles. The van der Waals surface area contributed by atoms with Crippen molar-refractivity contribution in [2.75, 3.05) is 7.11 Å². The largest absolute Gasteiger partial charge is 0.466 e. The Morgan fingerprint density at radius 2 is 2.08 bits per heavy atom. The van der Waals surface area contributed by atoms with Crippen molar-refractivity contribution in [1.29, 1.82) is 0 Å². The minimum absolute atomic E-state index is 0.128. The zero-order chi connectivity index (χ0) is 18.4. The highest BCUT2D eigenvalue weighted by Crippen LogP contribution is 2.36. The number of piperidine rings is 1. The molecule has 0 bridgehead atoms. The highest BCUT2D eigenvalue weighted by atomic mass is 19.2. The number of nitrogens with zero attached hydrogens (tertiary/aromatic N) is 1. The average Bonchev–Trinajstić information content (AvgIpc) is 2.61. The number of rotatable bonds is 5. The maximum absolute atomic E-state index is 13.6. The molecule has 0 aliphatic carbocycles. The van der Waals surface area contributed by atoms with E-state index < -0.39 is 17.6 Å². The van der Waals surface area contributed by atoms with Crippen LogP contribution >= 0.6 is 0 Å². The SMILES string of the molecule is C=CCC(=O)N1[C@@H](/C=C\C(=O)OC)CCC[C@H]1c1ccc(F)c(F)c1.